The monoisotopic (exact) mass is 377 g/mol. The maximum atomic E-state index is 5.87. The minimum Gasteiger partial charge on any atom is -0.492 e. The lowest BCUT2D eigenvalue weighted by Gasteiger charge is -2.22. The van der Waals surface area contributed by atoms with Crippen molar-refractivity contribution >= 4 is 17.6 Å². The molecule has 0 fully saturated rings. The van der Waals surface area contributed by atoms with E-state index in [9.17, 15) is 0 Å². The van der Waals surface area contributed by atoms with E-state index in [0.717, 1.165) is 50.0 Å². The van der Waals surface area contributed by atoms with Gasteiger partial charge in [0.2, 0.25) is 0 Å². The third-order valence-corrected chi connectivity index (χ3v) is 4.37. The number of halogens is 1. The molecule has 0 spiro atoms. The number of likely N-dealkylation sites (N-methyl/N-ethyl adjacent to an activating group) is 1. The maximum Gasteiger partial charge on any atom is 0.193 e. The number of nitrogens with one attached hydrogen (secondary N) is 1. The molecule has 0 saturated heterocycles. The summed E-state index contributed by atoms with van der Waals surface area (Å²) in [5.41, 5.74) is 0. The first-order valence-electron chi connectivity index (χ1n) is 8.88. The molecule has 1 aromatic heterocycles. The second-order valence-electron chi connectivity index (χ2n) is 6.07. The summed E-state index contributed by atoms with van der Waals surface area (Å²) in [4.78, 5) is 10.6. The third-order valence-electron chi connectivity index (χ3n) is 4.11. The number of aliphatic imine (C=N–C) groups is 1. The van der Waals surface area contributed by atoms with E-state index >= 15 is 0 Å². The van der Waals surface area contributed by atoms with Crippen molar-refractivity contribution in [2.24, 2.45) is 4.99 Å². The van der Waals surface area contributed by atoms with Gasteiger partial charge in [-0.05, 0) is 44.0 Å². The van der Waals surface area contributed by atoms with Crippen molar-refractivity contribution in [1.29, 1.82) is 0 Å². The van der Waals surface area contributed by atoms with E-state index in [2.05, 4.69) is 24.8 Å². The van der Waals surface area contributed by atoms with E-state index in [1.807, 2.05) is 50.6 Å². The average Bonchev–Trinajstić information content (AvgIpc) is 3.04. The highest BCUT2D eigenvalue weighted by Crippen LogP contribution is 2.15. The van der Waals surface area contributed by atoms with Gasteiger partial charge in [-0.3, -0.25) is 4.99 Å². The van der Waals surface area contributed by atoms with Gasteiger partial charge in [-0.1, -0.05) is 11.6 Å². The largest absolute Gasteiger partial charge is 0.492 e. The lowest BCUT2D eigenvalue weighted by Crippen LogP contribution is -2.41. The molecule has 2 aromatic rings. The molecule has 0 aliphatic carbocycles. The lowest BCUT2D eigenvalue weighted by atomic mass is 10.3. The third kappa shape index (κ3) is 6.59. The van der Waals surface area contributed by atoms with E-state index in [-0.39, 0.29) is 0 Å². The first-order valence-corrected chi connectivity index (χ1v) is 9.26. The van der Waals surface area contributed by atoms with Gasteiger partial charge in [0.1, 0.15) is 18.2 Å². The summed E-state index contributed by atoms with van der Waals surface area (Å²) in [6, 6.07) is 7.40. The van der Waals surface area contributed by atoms with Gasteiger partial charge in [-0.2, -0.15) is 0 Å². The zero-order valence-corrected chi connectivity index (χ0v) is 16.5. The van der Waals surface area contributed by atoms with Crippen molar-refractivity contribution in [3.05, 3.63) is 47.5 Å². The Morgan fingerprint density at radius 2 is 2.08 bits per heavy atom. The van der Waals surface area contributed by atoms with Crippen LogP contribution in [0.2, 0.25) is 5.02 Å². The topological polar surface area (TPSA) is 54.7 Å². The second kappa shape index (κ2) is 10.7. The van der Waals surface area contributed by atoms with E-state index in [1.54, 1.807) is 7.05 Å². The molecule has 142 valence electrons. The van der Waals surface area contributed by atoms with E-state index in [1.165, 1.54) is 0 Å². The maximum absolute atomic E-state index is 5.87. The molecule has 0 radical (unpaired) electrons. The van der Waals surface area contributed by atoms with Crippen LogP contribution in [0.4, 0.5) is 0 Å². The molecule has 1 N–H and O–H groups in total. The Morgan fingerprint density at radius 3 is 2.73 bits per heavy atom. The minimum absolute atomic E-state index is 0.582. The van der Waals surface area contributed by atoms with Crippen LogP contribution in [-0.2, 0) is 6.54 Å². The van der Waals surface area contributed by atoms with E-state index < -0.39 is 0 Å². The van der Waals surface area contributed by atoms with Crippen LogP contribution in [0, 0.1) is 6.92 Å². The first-order chi connectivity index (χ1) is 12.6. The zero-order chi connectivity index (χ0) is 18.8. The summed E-state index contributed by atoms with van der Waals surface area (Å²) in [6.07, 6.45) is 6.04. The van der Waals surface area contributed by atoms with Crippen molar-refractivity contribution in [2.45, 2.75) is 26.3 Å². The first kappa shape index (κ1) is 20.1. The smallest absolute Gasteiger partial charge is 0.193 e. The lowest BCUT2D eigenvalue weighted by molar-refractivity contribution is 0.281. The number of nitrogens with zero attached hydrogens (tertiary/aromatic N) is 4. The van der Waals surface area contributed by atoms with Gasteiger partial charge >= 0.3 is 0 Å². The predicted octanol–water partition coefficient (Wildman–Crippen LogP) is 3.21. The summed E-state index contributed by atoms with van der Waals surface area (Å²) in [5.74, 6) is 2.76. The van der Waals surface area contributed by atoms with Gasteiger partial charge in [-0.15, -0.1) is 0 Å². The van der Waals surface area contributed by atoms with Gasteiger partial charge in [-0.25, -0.2) is 4.98 Å². The van der Waals surface area contributed by atoms with Crippen molar-refractivity contribution in [2.75, 3.05) is 33.8 Å². The van der Waals surface area contributed by atoms with Crippen LogP contribution in [0.25, 0.3) is 0 Å². The quantitative estimate of drug-likeness (QED) is 0.414. The molecule has 2 rings (SSSR count). The molecule has 1 aromatic carbocycles. The van der Waals surface area contributed by atoms with Crippen molar-refractivity contribution in [3.63, 3.8) is 0 Å². The SMILES string of the molecule is CN=C(NCCCCn1ccnc1C)N(C)CCOc1ccc(Cl)cc1. The number of imidazole rings is 1. The molecular formula is C19H28ClN5O. The summed E-state index contributed by atoms with van der Waals surface area (Å²) in [5, 5.41) is 4.11. The molecule has 7 heteroatoms. The number of benzene rings is 1. The fourth-order valence-electron chi connectivity index (χ4n) is 2.57. The van der Waals surface area contributed by atoms with Crippen LogP contribution in [0.3, 0.4) is 0 Å². The number of guanidine groups is 1. The number of unbranched alkanes of at least 4 members (excludes halogenated alkanes) is 1. The van der Waals surface area contributed by atoms with Gasteiger partial charge in [0.25, 0.3) is 0 Å². The highest BCUT2D eigenvalue weighted by atomic mass is 35.5. The second-order valence-corrected chi connectivity index (χ2v) is 6.51. The minimum atomic E-state index is 0.582. The normalized spacial score (nSPS) is 11.5. The molecule has 0 aliphatic rings. The van der Waals surface area contributed by atoms with Crippen LogP contribution in [0.5, 0.6) is 5.75 Å². The van der Waals surface area contributed by atoms with E-state index in [0.29, 0.717) is 11.6 Å². The van der Waals surface area contributed by atoms with Gasteiger partial charge in [0.15, 0.2) is 5.96 Å². The van der Waals surface area contributed by atoms with Crippen molar-refractivity contribution < 1.29 is 4.74 Å². The molecule has 6 nitrogen and oxygen atoms in total. The Hall–Kier alpha value is -2.21. The molecule has 0 unspecified atom stereocenters. The highest BCUT2D eigenvalue weighted by Gasteiger charge is 2.05. The summed E-state index contributed by atoms with van der Waals surface area (Å²) in [6.45, 7) is 5.25. The molecule has 0 amide bonds. The van der Waals surface area contributed by atoms with Crippen molar-refractivity contribution in [3.8, 4) is 5.75 Å². The number of ether oxygens (including phenoxy) is 1. The predicted molar refractivity (Wildman–Crippen MR) is 107 cm³/mol. The standard InChI is InChI=1S/C19H28ClN5O/c1-16-22-11-13-25(16)12-5-4-10-23-19(21-2)24(3)14-15-26-18-8-6-17(20)7-9-18/h6-9,11,13H,4-5,10,12,14-15H2,1-3H3,(H,21,23). The molecular weight excluding hydrogens is 350 g/mol. The van der Waals surface area contributed by atoms with Gasteiger partial charge in [0.05, 0.1) is 6.54 Å². The van der Waals surface area contributed by atoms with Crippen molar-refractivity contribution in [1.82, 2.24) is 19.8 Å². The van der Waals surface area contributed by atoms with Crippen LogP contribution in [0.1, 0.15) is 18.7 Å². The Labute approximate surface area is 160 Å². The zero-order valence-electron chi connectivity index (χ0n) is 15.8. The van der Waals surface area contributed by atoms with Crippen LogP contribution >= 0.6 is 11.6 Å². The Bertz CT molecular complexity index is 683. The average molecular weight is 378 g/mol. The number of aryl methyl sites for hydroxylation is 2. The fourth-order valence-corrected chi connectivity index (χ4v) is 2.70. The molecule has 26 heavy (non-hydrogen) atoms. The van der Waals surface area contributed by atoms with Gasteiger partial charge < -0.3 is 19.5 Å². The summed E-state index contributed by atoms with van der Waals surface area (Å²) >= 11 is 5.87. The molecule has 1 heterocycles. The Kier molecular flexibility index (Phi) is 8.28. The molecule has 0 saturated carbocycles. The van der Waals surface area contributed by atoms with Crippen LogP contribution in [0.15, 0.2) is 41.7 Å². The number of hydrogen-bond donors (Lipinski definition) is 1. The summed E-state index contributed by atoms with van der Waals surface area (Å²) < 4.78 is 7.91. The molecule has 0 atom stereocenters. The molecule has 0 aliphatic heterocycles. The summed E-state index contributed by atoms with van der Waals surface area (Å²) in [7, 11) is 3.81. The Balaban J connectivity index is 1.62. The van der Waals surface area contributed by atoms with Gasteiger partial charge in [0, 0.05) is 44.6 Å². The number of rotatable bonds is 9. The van der Waals surface area contributed by atoms with E-state index in [4.69, 9.17) is 16.3 Å². The Morgan fingerprint density at radius 1 is 1.31 bits per heavy atom. The fraction of sp³-hybridized carbons (Fsp3) is 0.474. The van der Waals surface area contributed by atoms with Crippen LogP contribution in [-0.4, -0.2) is 54.2 Å². The molecule has 0 bridgehead atoms. The van der Waals surface area contributed by atoms with Crippen LogP contribution < -0.4 is 10.1 Å². The number of hydrogen-bond acceptors (Lipinski definition) is 3. The number of aromatic nitrogens is 2. The highest BCUT2D eigenvalue weighted by molar-refractivity contribution is 6.30.